The van der Waals surface area contributed by atoms with Crippen LogP contribution in [-0.4, -0.2) is 101 Å². The molecule has 0 saturated heterocycles. The third kappa shape index (κ3) is 12.6. The van der Waals surface area contributed by atoms with Gasteiger partial charge in [-0.3, -0.25) is 20.0 Å². The zero-order chi connectivity index (χ0) is 50.0. The third-order valence-electron chi connectivity index (χ3n) is 12.6. The quantitative estimate of drug-likeness (QED) is 0.0680. The Balaban J connectivity index is 0.000000191. The topological polar surface area (TPSA) is 166 Å². The van der Waals surface area contributed by atoms with E-state index in [0.29, 0.717) is 66.3 Å². The highest BCUT2D eigenvalue weighted by atomic mass is 35.5. The molecule has 9 rings (SSSR count). The SMILES string of the molecule is CN(C)C(=N)c1cccc(CNC(=O)C2Cc3ccccc3CN2C(=O)Nc2ccc(Cl)cc2)c1.CN1CCN=C1c1cccc(CNC(=O)C2Cc3ccccc3CN2C(=O)Nc2ccc(Cl)cc2)c1. The third-order valence-corrected chi connectivity index (χ3v) is 13.1. The summed E-state index contributed by atoms with van der Waals surface area (Å²) in [5.74, 6) is 0.958. The molecule has 0 fully saturated rings. The van der Waals surface area contributed by atoms with Crippen LogP contribution in [0.4, 0.5) is 21.0 Å². The first kappa shape index (κ1) is 49.7. The maximum atomic E-state index is 13.4. The molecule has 16 heteroatoms. The summed E-state index contributed by atoms with van der Waals surface area (Å²) in [5, 5.41) is 21.2. The normalized spacial score (nSPS) is 15.7. The fourth-order valence-corrected chi connectivity index (χ4v) is 9.02. The van der Waals surface area contributed by atoms with Gasteiger partial charge in [-0.2, -0.15) is 0 Å². The average molecular weight is 992 g/mol. The second-order valence-corrected chi connectivity index (χ2v) is 18.7. The Morgan fingerprint density at radius 3 is 1.55 bits per heavy atom. The van der Waals surface area contributed by atoms with E-state index in [1.165, 1.54) is 0 Å². The molecule has 2 atom stereocenters. The molecule has 0 bridgehead atoms. The van der Waals surface area contributed by atoms with Gasteiger partial charge in [-0.15, -0.1) is 0 Å². The number of aliphatic imine (C=N–C) groups is 1. The number of amides is 6. The van der Waals surface area contributed by atoms with Crippen LogP contribution in [0.3, 0.4) is 0 Å². The molecule has 5 N–H and O–H groups in total. The van der Waals surface area contributed by atoms with Crippen LogP contribution >= 0.6 is 23.2 Å². The zero-order valence-corrected chi connectivity index (χ0v) is 41.3. The fraction of sp³-hybridized carbons (Fsp3) is 0.236. The van der Waals surface area contributed by atoms with Crippen molar-refractivity contribution in [1.29, 1.82) is 5.41 Å². The van der Waals surface area contributed by atoms with Crippen LogP contribution in [0.5, 0.6) is 0 Å². The Hall–Kier alpha value is -7.68. The second kappa shape index (κ2) is 22.8. The van der Waals surface area contributed by atoms with Crippen molar-refractivity contribution in [2.75, 3.05) is 44.9 Å². The van der Waals surface area contributed by atoms with Crippen molar-refractivity contribution in [1.82, 2.24) is 30.2 Å². The number of anilines is 2. The number of carbonyl (C=O) groups is 4. The van der Waals surface area contributed by atoms with E-state index >= 15 is 0 Å². The number of rotatable bonds is 10. The number of amidine groups is 2. The van der Waals surface area contributed by atoms with Gasteiger partial charge in [0.15, 0.2) is 0 Å². The number of hydrogen-bond acceptors (Lipinski definition) is 7. The van der Waals surface area contributed by atoms with Crippen LogP contribution in [-0.2, 0) is 48.6 Å². The molecule has 71 heavy (non-hydrogen) atoms. The van der Waals surface area contributed by atoms with E-state index in [9.17, 15) is 19.2 Å². The lowest BCUT2D eigenvalue weighted by atomic mass is 9.93. The summed E-state index contributed by atoms with van der Waals surface area (Å²) in [6.07, 6.45) is 0.888. The first-order valence-corrected chi connectivity index (χ1v) is 24.1. The smallest absolute Gasteiger partial charge is 0.322 e. The lowest BCUT2D eigenvalue weighted by Crippen LogP contribution is -2.53. The minimum Gasteiger partial charge on any atom is -0.363 e. The van der Waals surface area contributed by atoms with Gasteiger partial charge in [-0.25, -0.2) is 9.59 Å². The molecule has 0 aliphatic carbocycles. The van der Waals surface area contributed by atoms with Gasteiger partial charge < -0.3 is 40.9 Å². The Kier molecular flexibility index (Phi) is 16.0. The lowest BCUT2D eigenvalue weighted by molar-refractivity contribution is -0.126. The van der Waals surface area contributed by atoms with Crippen LogP contribution in [0, 0.1) is 5.41 Å². The van der Waals surface area contributed by atoms with Crippen molar-refractivity contribution >= 4 is 70.1 Å². The number of nitrogens with one attached hydrogen (secondary N) is 5. The zero-order valence-electron chi connectivity index (χ0n) is 39.8. The highest BCUT2D eigenvalue weighted by molar-refractivity contribution is 6.31. The monoisotopic (exact) mass is 990 g/mol. The van der Waals surface area contributed by atoms with Crippen molar-refractivity contribution in [3.63, 3.8) is 0 Å². The van der Waals surface area contributed by atoms with Gasteiger partial charge >= 0.3 is 12.1 Å². The van der Waals surface area contributed by atoms with E-state index in [0.717, 1.165) is 63.4 Å². The highest BCUT2D eigenvalue weighted by Crippen LogP contribution is 2.27. The van der Waals surface area contributed by atoms with Crippen molar-refractivity contribution < 1.29 is 19.2 Å². The molecule has 14 nitrogen and oxygen atoms in total. The number of halogens is 2. The number of fused-ring (bicyclic) bond motifs is 2. The lowest BCUT2D eigenvalue weighted by Gasteiger charge is -2.36. The predicted octanol–water partition coefficient (Wildman–Crippen LogP) is 8.81. The summed E-state index contributed by atoms with van der Waals surface area (Å²) in [5.41, 5.74) is 9.13. The molecule has 6 aromatic carbocycles. The summed E-state index contributed by atoms with van der Waals surface area (Å²) < 4.78 is 0. The largest absolute Gasteiger partial charge is 0.363 e. The number of urea groups is 2. The summed E-state index contributed by atoms with van der Waals surface area (Å²) in [4.78, 5) is 64.8. The molecule has 0 aromatic heterocycles. The van der Waals surface area contributed by atoms with Crippen molar-refractivity contribution in [2.45, 2.75) is 51.1 Å². The van der Waals surface area contributed by atoms with E-state index in [1.54, 1.807) is 63.2 Å². The molecule has 2 unspecified atom stereocenters. The van der Waals surface area contributed by atoms with Crippen molar-refractivity contribution in [2.24, 2.45) is 4.99 Å². The Morgan fingerprint density at radius 2 is 1.08 bits per heavy atom. The average Bonchev–Trinajstić information content (AvgIpc) is 3.83. The van der Waals surface area contributed by atoms with E-state index < -0.39 is 12.1 Å². The fourth-order valence-electron chi connectivity index (χ4n) is 8.76. The number of nitrogens with zero attached hydrogens (tertiary/aromatic N) is 5. The van der Waals surface area contributed by atoms with Crippen molar-refractivity contribution in [3.8, 4) is 0 Å². The highest BCUT2D eigenvalue weighted by Gasteiger charge is 2.36. The number of hydrogen-bond donors (Lipinski definition) is 5. The molecule has 0 radical (unpaired) electrons. The molecular weight excluding hydrogens is 936 g/mol. The first-order valence-electron chi connectivity index (χ1n) is 23.3. The molecule has 3 aliphatic rings. The molecule has 0 spiro atoms. The molecule has 6 aromatic rings. The molecule has 3 aliphatic heterocycles. The van der Waals surface area contributed by atoms with E-state index in [-0.39, 0.29) is 23.9 Å². The summed E-state index contributed by atoms with van der Waals surface area (Å²) in [6, 6.07) is 43.3. The molecule has 0 saturated carbocycles. The van der Waals surface area contributed by atoms with Gasteiger partial charge in [0.2, 0.25) is 11.8 Å². The second-order valence-electron chi connectivity index (χ2n) is 17.8. The minimum absolute atomic E-state index is 0.184. The summed E-state index contributed by atoms with van der Waals surface area (Å²) in [6.45, 7) is 3.07. The van der Waals surface area contributed by atoms with Crippen LogP contribution < -0.4 is 21.3 Å². The Morgan fingerprint density at radius 1 is 0.620 bits per heavy atom. The number of benzene rings is 6. The van der Waals surface area contributed by atoms with Gasteiger partial charge in [0.05, 0.1) is 6.54 Å². The van der Waals surface area contributed by atoms with Crippen LogP contribution in [0.2, 0.25) is 10.0 Å². The molecule has 3 heterocycles. The first-order chi connectivity index (χ1) is 34.3. The maximum Gasteiger partial charge on any atom is 0.322 e. The van der Waals surface area contributed by atoms with Gasteiger partial charge in [0.25, 0.3) is 0 Å². The van der Waals surface area contributed by atoms with E-state index in [2.05, 4.69) is 37.2 Å². The van der Waals surface area contributed by atoms with Gasteiger partial charge in [0, 0.05) is 99.3 Å². The summed E-state index contributed by atoms with van der Waals surface area (Å²) >= 11 is 11.9. The van der Waals surface area contributed by atoms with Gasteiger partial charge in [-0.1, -0.05) is 108 Å². The Bertz CT molecular complexity index is 2950. The van der Waals surface area contributed by atoms with Gasteiger partial charge in [0.1, 0.15) is 23.8 Å². The maximum absolute atomic E-state index is 13.4. The molecule has 364 valence electrons. The minimum atomic E-state index is -0.652. The van der Waals surface area contributed by atoms with Crippen LogP contribution in [0.15, 0.2) is 151 Å². The standard InChI is InChI=1S/C28H28ClN5O2.C27H28ClN5O2/c1-33-14-13-30-26(33)21-8-4-5-19(15-21)17-31-27(35)25-16-20-6-2-3-7-22(20)18-34(25)28(36)32-24-11-9-23(29)10-12-24;1-32(2)25(29)20-9-5-6-18(14-20)16-30-26(34)24-15-19-7-3-4-8-21(19)17-33(24)27(35)31-23-12-10-22(28)11-13-23/h2-12,15,25H,13-14,16-18H2,1H3,(H,31,35)(H,32,36);3-14,24,29H,15-17H2,1-2H3,(H,30,34)(H,31,35). The Labute approximate surface area is 424 Å². The molecule has 6 amide bonds. The van der Waals surface area contributed by atoms with Crippen molar-refractivity contribution in [3.05, 3.63) is 200 Å². The van der Waals surface area contributed by atoms with Crippen LogP contribution in [0.25, 0.3) is 0 Å². The number of likely N-dealkylation sites (N-methyl/N-ethyl adjacent to an activating group) is 1. The van der Waals surface area contributed by atoms with E-state index in [4.69, 9.17) is 28.6 Å². The van der Waals surface area contributed by atoms with E-state index in [1.807, 2.05) is 112 Å². The predicted molar refractivity (Wildman–Crippen MR) is 281 cm³/mol. The summed E-state index contributed by atoms with van der Waals surface area (Å²) in [7, 11) is 5.67. The molecular formula is C55H56Cl2N10O4. The number of carbonyl (C=O) groups excluding carboxylic acids is 4. The van der Waals surface area contributed by atoms with Crippen LogP contribution in [0.1, 0.15) is 44.5 Å². The van der Waals surface area contributed by atoms with Gasteiger partial charge in [-0.05, 0) is 94.0 Å².